The van der Waals surface area contributed by atoms with Crippen molar-refractivity contribution in [2.45, 2.75) is 58.5 Å². The van der Waals surface area contributed by atoms with Gasteiger partial charge in [0.05, 0.1) is 23.3 Å². The first-order valence-electron chi connectivity index (χ1n) is 7.57. The molecule has 1 rings (SSSR count). The van der Waals surface area contributed by atoms with Crippen LogP contribution in [0.3, 0.4) is 0 Å². The third kappa shape index (κ3) is 7.48. The lowest BCUT2D eigenvalue weighted by Crippen LogP contribution is -2.22. The molecule has 2 nitrogen and oxygen atoms in total. The van der Waals surface area contributed by atoms with Crippen molar-refractivity contribution in [3.05, 3.63) is 41.0 Å². The van der Waals surface area contributed by atoms with Gasteiger partial charge in [-0.25, -0.2) is 0 Å². The molecule has 0 amide bonds. The third-order valence-electron chi connectivity index (χ3n) is 2.87. The van der Waals surface area contributed by atoms with Crippen LogP contribution >= 0.6 is 0 Å². The van der Waals surface area contributed by atoms with Gasteiger partial charge in [0.25, 0.3) is 0 Å². The summed E-state index contributed by atoms with van der Waals surface area (Å²) < 4.78 is 87.9. The van der Waals surface area contributed by atoms with Crippen LogP contribution in [-0.4, -0.2) is 18.5 Å². The van der Waals surface area contributed by atoms with Gasteiger partial charge in [-0.1, -0.05) is 6.08 Å². The molecule has 0 aliphatic rings. The molecule has 0 atom stereocenters. The van der Waals surface area contributed by atoms with Gasteiger partial charge < -0.3 is 9.47 Å². The molecule has 0 aromatic heterocycles. The molecule has 0 saturated heterocycles. The predicted molar refractivity (Wildman–Crippen MR) is 81.7 cm³/mol. The fourth-order valence-corrected chi connectivity index (χ4v) is 1.92. The fraction of sp³-hybridized carbons (Fsp3) is 0.529. The van der Waals surface area contributed by atoms with Crippen LogP contribution in [0.2, 0.25) is 0 Å². The van der Waals surface area contributed by atoms with Gasteiger partial charge in [-0.05, 0) is 57.5 Å². The van der Waals surface area contributed by atoms with E-state index in [2.05, 4.69) is 0 Å². The lowest BCUT2D eigenvalue weighted by atomic mass is 10.0. The summed E-state index contributed by atoms with van der Waals surface area (Å²) in [7, 11) is 0. The van der Waals surface area contributed by atoms with Crippen molar-refractivity contribution in [3.63, 3.8) is 0 Å². The van der Waals surface area contributed by atoms with Gasteiger partial charge in [0.15, 0.2) is 6.29 Å². The zero-order chi connectivity index (χ0) is 19.4. The molecule has 0 bridgehead atoms. The summed E-state index contributed by atoms with van der Waals surface area (Å²) in [4.78, 5) is 0. The Morgan fingerprint density at radius 1 is 0.760 bits per heavy atom. The van der Waals surface area contributed by atoms with E-state index in [-0.39, 0.29) is 23.8 Å². The van der Waals surface area contributed by atoms with Crippen LogP contribution in [0.4, 0.5) is 26.3 Å². The van der Waals surface area contributed by atoms with Crippen LogP contribution in [0.1, 0.15) is 44.4 Å². The van der Waals surface area contributed by atoms with Crippen molar-refractivity contribution in [1.82, 2.24) is 0 Å². The molecule has 0 heterocycles. The van der Waals surface area contributed by atoms with Crippen LogP contribution in [-0.2, 0) is 21.8 Å². The first-order chi connectivity index (χ1) is 11.3. The number of hydrogen-bond donors (Lipinski definition) is 0. The lowest BCUT2D eigenvalue weighted by molar-refractivity contribution is -0.152. The predicted octanol–water partition coefficient (Wildman–Crippen LogP) is 5.91. The van der Waals surface area contributed by atoms with E-state index in [1.807, 2.05) is 0 Å². The molecule has 0 aliphatic carbocycles. The molecule has 1 aromatic carbocycles. The Hall–Kier alpha value is -1.54. The monoisotopic (exact) mass is 370 g/mol. The minimum atomic E-state index is -4.88. The molecule has 0 spiro atoms. The molecule has 25 heavy (non-hydrogen) atoms. The second-order valence-corrected chi connectivity index (χ2v) is 5.94. The molecule has 0 unspecified atom stereocenters. The summed E-state index contributed by atoms with van der Waals surface area (Å²) in [6, 6.07) is 1.38. The van der Waals surface area contributed by atoms with E-state index in [1.54, 1.807) is 27.7 Å². The number of alkyl halides is 6. The summed E-state index contributed by atoms with van der Waals surface area (Å²) in [5.41, 5.74) is -2.98. The molecule has 0 saturated carbocycles. The summed E-state index contributed by atoms with van der Waals surface area (Å²) >= 11 is 0. The number of benzene rings is 1. The quantitative estimate of drug-likeness (QED) is 0.458. The molecule has 0 fully saturated rings. The summed E-state index contributed by atoms with van der Waals surface area (Å²) in [5, 5.41) is 0. The number of halogens is 6. The van der Waals surface area contributed by atoms with E-state index in [4.69, 9.17) is 9.47 Å². The van der Waals surface area contributed by atoms with E-state index >= 15 is 0 Å². The average molecular weight is 370 g/mol. The Morgan fingerprint density at radius 2 is 1.16 bits per heavy atom. The molecule has 8 heteroatoms. The Bertz CT molecular complexity index is 546. The molecule has 1 aromatic rings. The SMILES string of the molecule is CC(C)OC(/C=C/c1cc(C(F)(F)F)cc(C(F)(F)F)c1)OC(C)C. The second-order valence-electron chi connectivity index (χ2n) is 5.94. The standard InChI is InChI=1S/C17H20F6O2/c1-10(2)24-15(25-11(3)4)6-5-12-7-13(16(18,19)20)9-14(8-12)17(21,22)23/h5-11,15H,1-4H3/b6-5+. The molecule has 0 aliphatic heterocycles. The topological polar surface area (TPSA) is 18.5 Å². The Balaban J connectivity index is 3.21. The van der Waals surface area contributed by atoms with Crippen LogP contribution < -0.4 is 0 Å². The van der Waals surface area contributed by atoms with Gasteiger partial charge in [-0.2, -0.15) is 26.3 Å². The molecule has 142 valence electrons. The van der Waals surface area contributed by atoms with E-state index in [1.165, 1.54) is 6.08 Å². The van der Waals surface area contributed by atoms with Crippen molar-refractivity contribution in [1.29, 1.82) is 0 Å². The maximum atomic E-state index is 12.8. The van der Waals surface area contributed by atoms with E-state index in [9.17, 15) is 26.3 Å². The lowest BCUT2D eigenvalue weighted by Gasteiger charge is -2.20. The van der Waals surface area contributed by atoms with Crippen molar-refractivity contribution < 1.29 is 35.8 Å². The van der Waals surface area contributed by atoms with Crippen molar-refractivity contribution in [3.8, 4) is 0 Å². The van der Waals surface area contributed by atoms with Crippen LogP contribution in [0, 0.1) is 0 Å². The Labute approximate surface area is 142 Å². The van der Waals surface area contributed by atoms with E-state index in [0.29, 0.717) is 12.1 Å². The Morgan fingerprint density at radius 3 is 1.48 bits per heavy atom. The maximum absolute atomic E-state index is 12.8. The first-order valence-corrected chi connectivity index (χ1v) is 7.57. The number of rotatable bonds is 6. The summed E-state index contributed by atoms with van der Waals surface area (Å²) in [5.74, 6) is 0. The zero-order valence-corrected chi connectivity index (χ0v) is 14.2. The largest absolute Gasteiger partial charge is 0.416 e. The molecule has 0 N–H and O–H groups in total. The zero-order valence-electron chi connectivity index (χ0n) is 14.2. The van der Waals surface area contributed by atoms with Crippen LogP contribution in [0.25, 0.3) is 6.08 Å². The van der Waals surface area contributed by atoms with E-state index < -0.39 is 29.8 Å². The highest BCUT2D eigenvalue weighted by Crippen LogP contribution is 2.36. The fourth-order valence-electron chi connectivity index (χ4n) is 1.92. The summed E-state index contributed by atoms with van der Waals surface area (Å²) in [6.07, 6.45) is -8.71. The van der Waals surface area contributed by atoms with Gasteiger partial charge in [-0.3, -0.25) is 0 Å². The van der Waals surface area contributed by atoms with Gasteiger partial charge in [0.2, 0.25) is 0 Å². The maximum Gasteiger partial charge on any atom is 0.416 e. The number of ether oxygens (including phenoxy) is 2. The average Bonchev–Trinajstić information content (AvgIpc) is 2.41. The number of hydrogen-bond acceptors (Lipinski definition) is 2. The van der Waals surface area contributed by atoms with Gasteiger partial charge in [0.1, 0.15) is 0 Å². The van der Waals surface area contributed by atoms with Crippen molar-refractivity contribution >= 4 is 6.08 Å². The highest BCUT2D eigenvalue weighted by atomic mass is 19.4. The normalized spacial score (nSPS) is 13.6. The molecule has 0 radical (unpaired) electrons. The van der Waals surface area contributed by atoms with Gasteiger partial charge in [-0.15, -0.1) is 0 Å². The smallest absolute Gasteiger partial charge is 0.346 e. The van der Waals surface area contributed by atoms with Crippen molar-refractivity contribution in [2.75, 3.05) is 0 Å². The van der Waals surface area contributed by atoms with Crippen LogP contribution in [0.5, 0.6) is 0 Å². The molecular formula is C17H20F6O2. The highest BCUT2D eigenvalue weighted by molar-refractivity contribution is 5.53. The minimum Gasteiger partial charge on any atom is -0.346 e. The Kier molecular flexibility index (Phi) is 7.08. The second kappa shape index (κ2) is 8.23. The van der Waals surface area contributed by atoms with Crippen molar-refractivity contribution in [2.24, 2.45) is 0 Å². The van der Waals surface area contributed by atoms with Gasteiger partial charge in [0, 0.05) is 0 Å². The van der Waals surface area contributed by atoms with Crippen LogP contribution in [0.15, 0.2) is 24.3 Å². The van der Waals surface area contributed by atoms with E-state index in [0.717, 1.165) is 6.08 Å². The van der Waals surface area contributed by atoms with Gasteiger partial charge >= 0.3 is 12.4 Å². The molecular weight excluding hydrogens is 350 g/mol. The highest BCUT2D eigenvalue weighted by Gasteiger charge is 2.36. The third-order valence-corrected chi connectivity index (χ3v) is 2.87. The first kappa shape index (κ1) is 21.5. The minimum absolute atomic E-state index is 0.0874. The summed E-state index contributed by atoms with van der Waals surface area (Å²) in [6.45, 7) is 6.93.